The number of benzene rings is 7. The molecule has 26 heteroatoms. The summed E-state index contributed by atoms with van der Waals surface area (Å²) in [5.74, 6) is 0.463. The minimum absolute atomic E-state index is 0.00300. The van der Waals surface area contributed by atoms with Crippen LogP contribution in [0.5, 0.6) is 0 Å². The predicted molar refractivity (Wildman–Crippen MR) is 429 cm³/mol. The van der Waals surface area contributed by atoms with Crippen LogP contribution in [0.1, 0.15) is 78.4 Å². The number of urea groups is 1. The maximum atomic E-state index is 13.0. The number of nitrogens with one attached hydrogen (secondary N) is 1. The van der Waals surface area contributed by atoms with Gasteiger partial charge in [-0.3, -0.25) is 19.7 Å². The zero-order chi connectivity index (χ0) is 77.2. The first-order chi connectivity index (χ1) is 53.8. The van der Waals surface area contributed by atoms with Gasteiger partial charge in [0.1, 0.15) is 6.33 Å². The Morgan fingerprint density at radius 3 is 1.40 bits per heavy atom. The highest BCUT2D eigenvalue weighted by Gasteiger charge is 2.30. The van der Waals surface area contributed by atoms with E-state index < -0.39 is 0 Å². The molecule has 0 saturated carbocycles. The van der Waals surface area contributed by atoms with Crippen LogP contribution in [-0.2, 0) is 99.2 Å². The highest BCUT2D eigenvalue weighted by atomic mass is 16.3. The molecule has 1 fully saturated rings. The van der Waals surface area contributed by atoms with Crippen LogP contribution in [0.25, 0.3) is 28.3 Å². The fourth-order valence-electron chi connectivity index (χ4n) is 14.1. The van der Waals surface area contributed by atoms with Crippen molar-refractivity contribution in [3.05, 3.63) is 292 Å². The van der Waals surface area contributed by atoms with Crippen molar-refractivity contribution in [2.24, 2.45) is 0 Å². The fraction of sp³-hybridized carbons (Fsp3) is 0.247. The normalized spacial score (nSPS) is 14.0. The van der Waals surface area contributed by atoms with Crippen molar-refractivity contribution in [3.8, 4) is 28.3 Å². The second-order valence-corrected chi connectivity index (χ2v) is 28.8. The summed E-state index contributed by atoms with van der Waals surface area (Å²) >= 11 is 0. The van der Waals surface area contributed by atoms with Gasteiger partial charge in [-0.1, -0.05) is 127 Å². The topological polar surface area (TPSA) is 319 Å². The van der Waals surface area contributed by atoms with E-state index in [4.69, 9.17) is 22.9 Å². The zero-order valence-electron chi connectivity index (χ0n) is 62.8. The molecule has 0 radical (unpaired) electrons. The number of nitrogens with two attached hydrogens (primary N) is 4. The monoisotopic (exact) mass is 1490 g/mol. The molecule has 0 spiro atoms. The first-order valence-corrected chi connectivity index (χ1v) is 37.0. The summed E-state index contributed by atoms with van der Waals surface area (Å²) in [4.78, 5) is 78.1. The van der Waals surface area contributed by atoms with Gasteiger partial charge in [-0.25, -0.2) is 33.8 Å². The van der Waals surface area contributed by atoms with E-state index in [1.165, 1.54) is 45.4 Å². The molecule has 5 amide bonds. The number of carbonyl (C=O) groups is 4. The van der Waals surface area contributed by atoms with Crippen LogP contribution >= 0.6 is 0 Å². The number of nitrogen functional groups attached to an aromatic ring is 4. The SMILES string of the molecule is CN(C)Cc1ccc2c(c1)CN(C(=O)Cc1nn(-c3ccccc3)cc1N)C2.CN1CCN(c2ccc3c(c2)CN(C(=O)Cc2nn(-c4ccccc4)cc2N)C3)CC1.Cc1ccc(-c2ccc(N)c(NC(=O)N3Cc4cncnc4C3)n2)cc1.Nc1cn(-c2ccccc2)nc1CC(=O)N1Cc2ccc(CO)cc2C1. The van der Waals surface area contributed by atoms with Gasteiger partial charge in [-0.2, -0.15) is 15.3 Å². The first-order valence-electron chi connectivity index (χ1n) is 37.0. The number of para-hydroxylation sites is 3. The molecule has 10 heterocycles. The number of hydrogen-bond donors (Lipinski definition) is 6. The third-order valence-corrected chi connectivity index (χ3v) is 20.4. The van der Waals surface area contributed by atoms with Crippen LogP contribution in [0.3, 0.4) is 0 Å². The number of aliphatic hydroxyl groups is 1. The average molecular weight is 1490 g/mol. The molecule has 26 nitrogen and oxygen atoms in total. The number of aromatic nitrogens is 9. The number of rotatable bonds is 15. The summed E-state index contributed by atoms with van der Waals surface area (Å²) in [6.07, 6.45) is 9.11. The maximum absolute atomic E-state index is 13.0. The number of likely N-dealkylation sites (N-methyl/N-ethyl adjacent to an activating group) is 1. The van der Waals surface area contributed by atoms with Crippen LogP contribution in [-0.4, -0.2) is 150 Å². The molecule has 10 N–H and O–H groups in total. The van der Waals surface area contributed by atoms with Crippen LogP contribution < -0.4 is 33.2 Å². The van der Waals surface area contributed by atoms with Crippen molar-refractivity contribution >= 4 is 58.0 Å². The van der Waals surface area contributed by atoms with E-state index in [0.29, 0.717) is 98.0 Å². The van der Waals surface area contributed by atoms with Crippen LogP contribution in [0.15, 0.2) is 213 Å². The zero-order valence-corrected chi connectivity index (χ0v) is 62.8. The Bertz CT molecular complexity index is 5290. The third-order valence-electron chi connectivity index (χ3n) is 20.4. The van der Waals surface area contributed by atoms with Crippen LogP contribution in [0.4, 0.5) is 39.0 Å². The van der Waals surface area contributed by atoms with Crippen LogP contribution in [0, 0.1) is 6.92 Å². The number of amides is 5. The quantitative estimate of drug-likeness (QED) is 0.0556. The molecular formula is C85H91N21O5. The van der Waals surface area contributed by atoms with Gasteiger partial charge in [-0.15, -0.1) is 0 Å². The molecule has 0 unspecified atom stereocenters. The summed E-state index contributed by atoms with van der Waals surface area (Å²) in [7, 11) is 6.28. The maximum Gasteiger partial charge on any atom is 0.323 e. The Balaban J connectivity index is 0.000000123. The number of piperazine rings is 1. The number of carbonyl (C=O) groups excluding carboxylic acids is 4. The van der Waals surface area contributed by atoms with E-state index in [0.717, 1.165) is 89.0 Å². The summed E-state index contributed by atoms with van der Waals surface area (Å²) in [5, 5.41) is 25.6. The first kappa shape index (κ1) is 74.8. The molecule has 0 bridgehead atoms. The minimum atomic E-state index is -0.261. The van der Waals surface area contributed by atoms with Crippen molar-refractivity contribution in [1.82, 2.24) is 73.7 Å². The van der Waals surface area contributed by atoms with E-state index >= 15 is 0 Å². The molecule has 566 valence electrons. The van der Waals surface area contributed by atoms with Gasteiger partial charge in [0.2, 0.25) is 17.7 Å². The summed E-state index contributed by atoms with van der Waals surface area (Å²) < 4.78 is 5.16. The molecule has 7 aromatic carbocycles. The summed E-state index contributed by atoms with van der Waals surface area (Å²) in [6, 6.07) is 59.6. The number of hydrogen-bond acceptors (Lipinski definition) is 18. The van der Waals surface area contributed by atoms with E-state index in [9.17, 15) is 24.3 Å². The highest BCUT2D eigenvalue weighted by Crippen LogP contribution is 2.32. The average Bonchev–Trinajstić information content (AvgIpc) is 1.70. The number of anilines is 6. The molecule has 1 saturated heterocycles. The Labute approximate surface area is 644 Å². The van der Waals surface area contributed by atoms with Gasteiger partial charge in [0.15, 0.2) is 5.82 Å². The third kappa shape index (κ3) is 18.1. The predicted octanol–water partition coefficient (Wildman–Crippen LogP) is 9.90. The second kappa shape index (κ2) is 33.6. The molecule has 0 atom stereocenters. The van der Waals surface area contributed by atoms with Crippen molar-refractivity contribution in [2.45, 2.75) is 91.7 Å². The van der Waals surface area contributed by atoms with Gasteiger partial charge in [0.05, 0.1) is 126 Å². The lowest BCUT2D eigenvalue weighted by atomic mass is 10.1. The van der Waals surface area contributed by atoms with Gasteiger partial charge < -0.3 is 62.3 Å². The van der Waals surface area contributed by atoms with E-state index in [2.05, 4.69) is 108 Å². The summed E-state index contributed by atoms with van der Waals surface area (Å²) in [6.45, 7) is 11.8. The van der Waals surface area contributed by atoms with Gasteiger partial charge >= 0.3 is 6.03 Å². The number of fused-ring (bicyclic) bond motifs is 4. The number of aliphatic hydroxyl groups excluding tert-OH is 1. The van der Waals surface area contributed by atoms with Crippen molar-refractivity contribution in [3.63, 3.8) is 0 Å². The number of aryl methyl sites for hydroxylation is 1. The van der Waals surface area contributed by atoms with Crippen LogP contribution in [0.2, 0.25) is 0 Å². The van der Waals surface area contributed by atoms with Gasteiger partial charge in [0, 0.05) is 95.0 Å². The lowest BCUT2D eigenvalue weighted by molar-refractivity contribution is -0.131. The number of pyridine rings is 1. The van der Waals surface area contributed by atoms with E-state index in [1.807, 2.05) is 156 Å². The standard InChI is InChI=1S/C24H28N6O.C22H25N5O.C20H20N4O2.C19H18N6O/c1-27-9-11-28(12-10-27)21-8-7-18-15-29(16-19(18)13-21)24(31)14-23-22(25)17-30(26-23)20-5-3-2-4-6-20;1-25(2)12-16-8-9-17-13-26(14-18(17)10-16)22(28)11-21-20(23)15-27(24-21)19-6-4-3-5-7-19;21-18-12-24(17-4-2-1-3-5-17)22-19(18)9-20(26)23-10-15-7-6-14(13-25)8-16(15)11-23;1-12-2-4-13(5-3-12)16-7-6-15(20)18(23-16)24-19(26)25-9-14-8-21-11-22-17(14)10-25/h2-8,13,17H,9-12,14-16,25H2,1H3;3-10,15H,11-14,23H2,1-2H3;1-8,12,25H,9-11,13,21H2;2-8,11H,9-10,20H2,1H3,(H,23,24,26). The molecule has 12 aromatic rings. The Morgan fingerprint density at radius 2 is 0.919 bits per heavy atom. The van der Waals surface area contributed by atoms with Gasteiger partial charge in [0.25, 0.3) is 0 Å². The second-order valence-electron chi connectivity index (χ2n) is 28.8. The molecule has 17 rings (SSSR count). The molecule has 5 aliphatic heterocycles. The number of nitrogens with zero attached hydrogens (tertiary/aromatic N) is 16. The minimum Gasteiger partial charge on any atom is -0.396 e. The largest absolute Gasteiger partial charge is 0.396 e. The smallest absolute Gasteiger partial charge is 0.323 e. The Hall–Kier alpha value is -13.0. The molecule has 5 aliphatic rings. The molecule has 111 heavy (non-hydrogen) atoms. The van der Waals surface area contributed by atoms with E-state index in [1.54, 1.807) is 54.7 Å². The summed E-state index contributed by atoms with van der Waals surface area (Å²) in [5.41, 5.74) is 46.2. The highest BCUT2D eigenvalue weighted by molar-refractivity contribution is 5.92. The lowest BCUT2D eigenvalue weighted by Gasteiger charge is -2.34. The van der Waals surface area contributed by atoms with Crippen molar-refractivity contribution in [2.75, 3.05) is 80.5 Å². The van der Waals surface area contributed by atoms with Gasteiger partial charge in [-0.05, 0) is 133 Å². The lowest BCUT2D eigenvalue weighted by Crippen LogP contribution is -2.44. The van der Waals surface area contributed by atoms with Crippen molar-refractivity contribution in [1.29, 1.82) is 0 Å². The molecular weight excluding hydrogens is 1400 g/mol. The Kier molecular flexibility index (Phi) is 22.7. The van der Waals surface area contributed by atoms with Crippen molar-refractivity contribution < 1.29 is 24.3 Å². The fourth-order valence-corrected chi connectivity index (χ4v) is 14.1. The molecule has 0 aliphatic carbocycles. The molecule has 5 aromatic heterocycles. The Morgan fingerprint density at radius 1 is 0.468 bits per heavy atom. The van der Waals surface area contributed by atoms with E-state index in [-0.39, 0.29) is 49.6 Å².